The zero-order chi connectivity index (χ0) is 18.8. The predicted molar refractivity (Wildman–Crippen MR) is 112 cm³/mol. The van der Waals surface area contributed by atoms with Crippen LogP contribution in [0.4, 0.5) is 11.6 Å². The summed E-state index contributed by atoms with van der Waals surface area (Å²) in [5.74, 6) is 2.60. The van der Waals surface area contributed by atoms with Crippen LogP contribution in [0.3, 0.4) is 0 Å². The molecule has 2 aromatic carbocycles. The number of nitrogens with one attached hydrogen (secondary N) is 1. The molecule has 0 saturated heterocycles. The van der Waals surface area contributed by atoms with E-state index in [9.17, 15) is 0 Å². The van der Waals surface area contributed by atoms with Crippen molar-refractivity contribution >= 4 is 22.7 Å². The number of imidazole rings is 1. The van der Waals surface area contributed by atoms with Crippen molar-refractivity contribution in [2.24, 2.45) is 5.92 Å². The molecule has 1 aromatic heterocycles. The number of ether oxygens (including phenoxy) is 1. The van der Waals surface area contributed by atoms with Crippen molar-refractivity contribution in [1.82, 2.24) is 9.55 Å². The zero-order valence-corrected chi connectivity index (χ0v) is 16.5. The molecule has 2 unspecified atom stereocenters. The number of rotatable bonds is 5. The summed E-state index contributed by atoms with van der Waals surface area (Å²) in [6.07, 6.45) is 5.25. The van der Waals surface area contributed by atoms with Crippen LogP contribution in [0.1, 0.15) is 52.5 Å². The van der Waals surface area contributed by atoms with Crippen molar-refractivity contribution in [2.45, 2.75) is 58.6 Å². The lowest BCUT2D eigenvalue weighted by Crippen LogP contribution is -2.19. The predicted octanol–water partition coefficient (Wildman–Crippen LogP) is 6.32. The van der Waals surface area contributed by atoms with Gasteiger partial charge >= 0.3 is 0 Å². The first-order valence-corrected chi connectivity index (χ1v) is 10.1. The quantitative estimate of drug-likeness (QED) is 0.576. The van der Waals surface area contributed by atoms with Crippen LogP contribution in [-0.2, 0) is 0 Å². The van der Waals surface area contributed by atoms with Crippen LogP contribution < -0.4 is 10.1 Å². The standard InChI is InChI=1S/C23H29N3O/c1-16(2)27-20-13-11-18(12-14-20)24-23-25-21-9-4-5-10-22(21)26(23)19-8-6-7-17(3)15-19/h4-5,9-14,16-17,19H,6-8,15H2,1-3H3,(H,24,25). The SMILES string of the molecule is CC1CCCC(n2c(Nc3ccc(OC(C)C)cc3)nc3ccccc32)C1. The highest BCUT2D eigenvalue weighted by molar-refractivity contribution is 5.80. The summed E-state index contributed by atoms with van der Waals surface area (Å²) >= 11 is 0. The lowest BCUT2D eigenvalue weighted by atomic mass is 9.87. The molecule has 27 heavy (non-hydrogen) atoms. The Balaban J connectivity index is 1.65. The fourth-order valence-electron chi connectivity index (χ4n) is 4.16. The molecule has 1 N–H and O–H groups in total. The van der Waals surface area contributed by atoms with Gasteiger partial charge < -0.3 is 14.6 Å². The van der Waals surface area contributed by atoms with Crippen LogP contribution in [0.15, 0.2) is 48.5 Å². The molecule has 4 rings (SSSR count). The number of benzene rings is 2. The first-order chi connectivity index (χ1) is 13.1. The number of fused-ring (bicyclic) bond motifs is 1. The highest BCUT2D eigenvalue weighted by Crippen LogP contribution is 2.37. The van der Waals surface area contributed by atoms with E-state index in [1.54, 1.807) is 0 Å². The number of nitrogens with zero attached hydrogens (tertiary/aromatic N) is 2. The molecule has 4 heteroatoms. The van der Waals surface area contributed by atoms with Gasteiger partial charge in [-0.1, -0.05) is 31.9 Å². The second-order valence-electron chi connectivity index (χ2n) is 8.04. The van der Waals surface area contributed by atoms with Crippen LogP contribution >= 0.6 is 0 Å². The molecule has 1 aliphatic rings. The van der Waals surface area contributed by atoms with Crippen molar-refractivity contribution in [3.8, 4) is 5.75 Å². The Morgan fingerprint density at radius 1 is 1.07 bits per heavy atom. The summed E-state index contributed by atoms with van der Waals surface area (Å²) in [5, 5.41) is 3.55. The molecule has 0 radical (unpaired) electrons. The van der Waals surface area contributed by atoms with Crippen LogP contribution in [0.5, 0.6) is 5.75 Å². The Kier molecular flexibility index (Phi) is 5.06. The van der Waals surface area contributed by atoms with Gasteiger partial charge in [-0.25, -0.2) is 4.98 Å². The fraction of sp³-hybridized carbons (Fsp3) is 0.435. The smallest absolute Gasteiger partial charge is 0.208 e. The second-order valence-corrected chi connectivity index (χ2v) is 8.04. The molecule has 0 amide bonds. The van der Waals surface area contributed by atoms with Crippen LogP contribution in [0.2, 0.25) is 0 Å². The van der Waals surface area contributed by atoms with Gasteiger partial charge in [0.2, 0.25) is 5.95 Å². The monoisotopic (exact) mass is 363 g/mol. The third kappa shape index (κ3) is 3.95. The lowest BCUT2D eigenvalue weighted by molar-refractivity contribution is 0.242. The number of anilines is 2. The van der Waals surface area contributed by atoms with E-state index in [-0.39, 0.29) is 6.10 Å². The number of aromatic nitrogens is 2. The maximum atomic E-state index is 5.75. The Morgan fingerprint density at radius 2 is 1.85 bits per heavy atom. The summed E-state index contributed by atoms with van der Waals surface area (Å²) in [5.41, 5.74) is 3.31. The van der Waals surface area contributed by atoms with E-state index >= 15 is 0 Å². The van der Waals surface area contributed by atoms with Gasteiger partial charge in [0.1, 0.15) is 5.75 Å². The Labute approximate surface area is 161 Å². The van der Waals surface area contributed by atoms with Gasteiger partial charge in [0, 0.05) is 11.7 Å². The summed E-state index contributed by atoms with van der Waals surface area (Å²) < 4.78 is 8.17. The minimum atomic E-state index is 0.182. The average molecular weight is 364 g/mol. The minimum absolute atomic E-state index is 0.182. The van der Waals surface area contributed by atoms with Crippen molar-refractivity contribution in [3.63, 3.8) is 0 Å². The maximum Gasteiger partial charge on any atom is 0.208 e. The normalized spacial score (nSPS) is 20.1. The summed E-state index contributed by atoms with van der Waals surface area (Å²) in [7, 11) is 0. The number of para-hydroxylation sites is 2. The Morgan fingerprint density at radius 3 is 2.59 bits per heavy atom. The Bertz CT molecular complexity index is 898. The first-order valence-electron chi connectivity index (χ1n) is 10.1. The third-order valence-corrected chi connectivity index (χ3v) is 5.35. The largest absolute Gasteiger partial charge is 0.491 e. The van der Waals surface area contributed by atoms with E-state index in [4.69, 9.17) is 9.72 Å². The molecule has 1 aliphatic carbocycles. The molecule has 0 aliphatic heterocycles. The Hall–Kier alpha value is -2.49. The second kappa shape index (κ2) is 7.63. The van der Waals surface area contributed by atoms with E-state index in [1.165, 1.54) is 31.2 Å². The summed E-state index contributed by atoms with van der Waals surface area (Å²) in [6, 6.07) is 17.1. The molecule has 4 nitrogen and oxygen atoms in total. The zero-order valence-electron chi connectivity index (χ0n) is 16.5. The maximum absolute atomic E-state index is 5.75. The highest BCUT2D eigenvalue weighted by Gasteiger charge is 2.24. The van der Waals surface area contributed by atoms with E-state index in [0.717, 1.165) is 28.8 Å². The highest BCUT2D eigenvalue weighted by atomic mass is 16.5. The molecule has 2 atom stereocenters. The fourth-order valence-corrected chi connectivity index (χ4v) is 4.16. The molecule has 1 fully saturated rings. The van der Waals surface area contributed by atoms with Crippen LogP contribution in [-0.4, -0.2) is 15.7 Å². The van der Waals surface area contributed by atoms with E-state index in [1.807, 2.05) is 26.0 Å². The van der Waals surface area contributed by atoms with E-state index in [0.29, 0.717) is 6.04 Å². The van der Waals surface area contributed by atoms with E-state index in [2.05, 4.69) is 53.2 Å². The van der Waals surface area contributed by atoms with Crippen LogP contribution in [0, 0.1) is 5.92 Å². The van der Waals surface area contributed by atoms with Gasteiger partial charge in [-0.2, -0.15) is 0 Å². The van der Waals surface area contributed by atoms with Gasteiger partial charge in [-0.05, 0) is 69.0 Å². The van der Waals surface area contributed by atoms with Gasteiger partial charge in [-0.15, -0.1) is 0 Å². The van der Waals surface area contributed by atoms with Crippen molar-refractivity contribution < 1.29 is 4.74 Å². The lowest BCUT2D eigenvalue weighted by Gasteiger charge is -2.29. The van der Waals surface area contributed by atoms with Crippen molar-refractivity contribution in [3.05, 3.63) is 48.5 Å². The molecular weight excluding hydrogens is 334 g/mol. The molecule has 142 valence electrons. The van der Waals surface area contributed by atoms with Gasteiger partial charge in [0.25, 0.3) is 0 Å². The molecule has 0 bridgehead atoms. The minimum Gasteiger partial charge on any atom is -0.491 e. The van der Waals surface area contributed by atoms with Crippen molar-refractivity contribution in [1.29, 1.82) is 0 Å². The first kappa shape index (κ1) is 17.9. The van der Waals surface area contributed by atoms with Gasteiger partial charge in [0.05, 0.1) is 17.1 Å². The third-order valence-electron chi connectivity index (χ3n) is 5.35. The van der Waals surface area contributed by atoms with Gasteiger partial charge in [0.15, 0.2) is 0 Å². The summed E-state index contributed by atoms with van der Waals surface area (Å²) in [4.78, 5) is 4.90. The molecule has 1 saturated carbocycles. The molecule has 3 aromatic rings. The molecular formula is C23H29N3O. The summed E-state index contributed by atoms with van der Waals surface area (Å²) in [6.45, 7) is 6.45. The molecule has 1 heterocycles. The topological polar surface area (TPSA) is 39.1 Å². The van der Waals surface area contributed by atoms with Gasteiger partial charge in [-0.3, -0.25) is 0 Å². The number of hydrogen-bond acceptors (Lipinski definition) is 3. The number of hydrogen-bond donors (Lipinski definition) is 1. The van der Waals surface area contributed by atoms with Crippen LogP contribution in [0.25, 0.3) is 11.0 Å². The average Bonchev–Trinajstić information content (AvgIpc) is 3.01. The molecule has 0 spiro atoms. The van der Waals surface area contributed by atoms with E-state index < -0.39 is 0 Å². The van der Waals surface area contributed by atoms with Crippen molar-refractivity contribution in [2.75, 3.05) is 5.32 Å².